The van der Waals surface area contributed by atoms with Gasteiger partial charge in [0.2, 0.25) is 0 Å². The number of benzene rings is 1. The maximum Gasteiger partial charge on any atom is 0.303 e. The van der Waals surface area contributed by atoms with Crippen LogP contribution in [-0.2, 0) is 4.79 Å². The Labute approximate surface area is 149 Å². The number of carboxylic acids is 1. The molecule has 26 heavy (non-hydrogen) atoms. The van der Waals surface area contributed by atoms with Gasteiger partial charge in [-0.3, -0.25) is 19.7 Å². The standard InChI is InChI=1S/C16H19N5O5/c1-11-15(16(24)17-9-4-2-3-8-14(22)23)18-19-20(11)12-6-5-7-13(10-12)21(25)26/h5-7,10H,2-4,8-9H2,1H3,(H,17,24)(H,22,23). The molecule has 1 heterocycles. The molecule has 0 saturated heterocycles. The van der Waals surface area contributed by atoms with Crippen molar-refractivity contribution in [3.05, 3.63) is 45.8 Å². The average molecular weight is 361 g/mol. The minimum Gasteiger partial charge on any atom is -0.481 e. The van der Waals surface area contributed by atoms with E-state index >= 15 is 0 Å². The van der Waals surface area contributed by atoms with E-state index in [0.29, 0.717) is 37.2 Å². The molecule has 0 aliphatic carbocycles. The number of hydrogen-bond donors (Lipinski definition) is 2. The summed E-state index contributed by atoms with van der Waals surface area (Å²) in [5.41, 5.74) is 0.970. The van der Waals surface area contributed by atoms with E-state index in [4.69, 9.17) is 5.11 Å². The van der Waals surface area contributed by atoms with Crippen LogP contribution in [0.2, 0.25) is 0 Å². The second-order valence-electron chi connectivity index (χ2n) is 5.67. The van der Waals surface area contributed by atoms with E-state index < -0.39 is 16.8 Å². The van der Waals surface area contributed by atoms with Crippen molar-refractivity contribution >= 4 is 17.6 Å². The van der Waals surface area contributed by atoms with Crippen molar-refractivity contribution in [2.24, 2.45) is 0 Å². The lowest BCUT2D eigenvalue weighted by Crippen LogP contribution is -2.25. The first-order valence-electron chi connectivity index (χ1n) is 8.07. The minimum atomic E-state index is -0.831. The molecule has 138 valence electrons. The van der Waals surface area contributed by atoms with Gasteiger partial charge in [0.1, 0.15) is 0 Å². The number of amides is 1. The van der Waals surface area contributed by atoms with Crippen LogP contribution >= 0.6 is 0 Å². The normalized spacial score (nSPS) is 10.5. The van der Waals surface area contributed by atoms with Gasteiger partial charge in [-0.25, -0.2) is 4.68 Å². The van der Waals surface area contributed by atoms with Gasteiger partial charge in [0, 0.05) is 25.1 Å². The molecule has 0 radical (unpaired) electrons. The highest BCUT2D eigenvalue weighted by molar-refractivity contribution is 5.93. The highest BCUT2D eigenvalue weighted by atomic mass is 16.6. The maximum atomic E-state index is 12.2. The molecular weight excluding hydrogens is 342 g/mol. The van der Waals surface area contributed by atoms with Crippen LogP contribution in [0.4, 0.5) is 5.69 Å². The van der Waals surface area contributed by atoms with Crippen molar-refractivity contribution in [1.29, 1.82) is 0 Å². The Kier molecular flexibility index (Phi) is 6.36. The molecule has 2 aromatic rings. The molecule has 0 bridgehead atoms. The highest BCUT2D eigenvalue weighted by Gasteiger charge is 2.18. The van der Waals surface area contributed by atoms with Crippen LogP contribution < -0.4 is 5.32 Å². The zero-order chi connectivity index (χ0) is 19.1. The van der Waals surface area contributed by atoms with E-state index in [1.807, 2.05) is 0 Å². The summed E-state index contributed by atoms with van der Waals surface area (Å²) in [5, 5.41) is 29.9. The van der Waals surface area contributed by atoms with Crippen LogP contribution in [0.3, 0.4) is 0 Å². The summed E-state index contributed by atoms with van der Waals surface area (Å²) >= 11 is 0. The molecule has 0 atom stereocenters. The molecule has 0 spiro atoms. The van der Waals surface area contributed by atoms with Crippen molar-refractivity contribution < 1.29 is 19.6 Å². The zero-order valence-corrected chi connectivity index (χ0v) is 14.2. The van der Waals surface area contributed by atoms with Crippen LogP contribution in [-0.4, -0.2) is 43.4 Å². The van der Waals surface area contributed by atoms with Crippen LogP contribution in [0.15, 0.2) is 24.3 Å². The summed E-state index contributed by atoms with van der Waals surface area (Å²) in [6.07, 6.45) is 2.04. The summed E-state index contributed by atoms with van der Waals surface area (Å²) in [6.45, 7) is 2.06. The van der Waals surface area contributed by atoms with E-state index in [-0.39, 0.29) is 17.8 Å². The molecule has 1 aromatic heterocycles. The van der Waals surface area contributed by atoms with Crippen LogP contribution in [0.5, 0.6) is 0 Å². The SMILES string of the molecule is Cc1c(C(=O)NCCCCCC(=O)O)nnn1-c1cccc([N+](=O)[O-])c1. The molecule has 10 nitrogen and oxygen atoms in total. The molecule has 2 N–H and O–H groups in total. The monoisotopic (exact) mass is 361 g/mol. The Morgan fingerprint density at radius 1 is 1.31 bits per heavy atom. The third-order valence-corrected chi connectivity index (χ3v) is 3.75. The third kappa shape index (κ3) is 4.85. The number of non-ortho nitro benzene ring substituents is 1. The minimum absolute atomic E-state index is 0.0789. The quantitative estimate of drug-likeness (QED) is 0.394. The maximum absolute atomic E-state index is 12.2. The Bertz CT molecular complexity index is 817. The molecule has 10 heteroatoms. The van der Waals surface area contributed by atoms with Crippen molar-refractivity contribution in [2.75, 3.05) is 6.54 Å². The smallest absolute Gasteiger partial charge is 0.303 e. The number of carbonyl (C=O) groups is 2. The number of aliphatic carboxylic acids is 1. The number of aromatic nitrogens is 3. The lowest BCUT2D eigenvalue weighted by atomic mass is 10.2. The summed E-state index contributed by atoms with van der Waals surface area (Å²) in [5.74, 6) is -1.22. The van der Waals surface area contributed by atoms with Gasteiger partial charge in [-0.05, 0) is 25.8 Å². The van der Waals surface area contributed by atoms with Gasteiger partial charge in [0.25, 0.3) is 11.6 Å². The Balaban J connectivity index is 1.97. The highest BCUT2D eigenvalue weighted by Crippen LogP contribution is 2.18. The number of nitro groups is 1. The van der Waals surface area contributed by atoms with Gasteiger partial charge in [-0.1, -0.05) is 17.7 Å². The van der Waals surface area contributed by atoms with Crippen LogP contribution in [0.25, 0.3) is 5.69 Å². The first-order chi connectivity index (χ1) is 12.4. The van der Waals surface area contributed by atoms with Gasteiger partial charge in [-0.15, -0.1) is 5.10 Å². The predicted molar refractivity (Wildman–Crippen MR) is 91.2 cm³/mol. The number of nitrogens with zero attached hydrogens (tertiary/aromatic N) is 4. The third-order valence-electron chi connectivity index (χ3n) is 3.75. The second-order valence-corrected chi connectivity index (χ2v) is 5.67. The Morgan fingerprint density at radius 3 is 2.77 bits per heavy atom. The van der Waals surface area contributed by atoms with Gasteiger partial charge < -0.3 is 10.4 Å². The van der Waals surface area contributed by atoms with E-state index in [9.17, 15) is 19.7 Å². The molecule has 2 rings (SSSR count). The van der Waals surface area contributed by atoms with Gasteiger partial charge in [0.05, 0.1) is 16.3 Å². The number of hydrogen-bond acceptors (Lipinski definition) is 6. The predicted octanol–water partition coefficient (Wildman–Crippen LogP) is 1.86. The number of carboxylic acid groups (broad SMARTS) is 1. The summed E-state index contributed by atoms with van der Waals surface area (Å²) < 4.78 is 1.37. The molecule has 0 unspecified atom stereocenters. The molecule has 1 aromatic carbocycles. The Hall–Kier alpha value is -3.30. The van der Waals surface area contributed by atoms with Crippen LogP contribution in [0.1, 0.15) is 41.9 Å². The van der Waals surface area contributed by atoms with Crippen molar-refractivity contribution in [1.82, 2.24) is 20.3 Å². The number of rotatable bonds is 9. The molecular formula is C16H19N5O5. The van der Waals surface area contributed by atoms with Gasteiger partial charge in [-0.2, -0.15) is 0 Å². The first-order valence-corrected chi connectivity index (χ1v) is 8.07. The fraction of sp³-hybridized carbons (Fsp3) is 0.375. The van der Waals surface area contributed by atoms with Crippen molar-refractivity contribution in [3.8, 4) is 5.69 Å². The molecule has 0 saturated carbocycles. The van der Waals surface area contributed by atoms with Crippen molar-refractivity contribution in [2.45, 2.75) is 32.6 Å². The van der Waals surface area contributed by atoms with Crippen LogP contribution in [0, 0.1) is 17.0 Å². The van der Waals surface area contributed by atoms with Crippen molar-refractivity contribution in [3.63, 3.8) is 0 Å². The number of unbranched alkanes of at least 4 members (excludes halogenated alkanes) is 2. The molecule has 0 aliphatic rings. The number of nitro benzene ring substituents is 1. The fourth-order valence-electron chi connectivity index (χ4n) is 2.39. The second kappa shape index (κ2) is 8.70. The number of nitrogens with one attached hydrogen (secondary N) is 1. The van der Waals surface area contributed by atoms with E-state index in [1.54, 1.807) is 13.0 Å². The molecule has 1 amide bonds. The summed E-state index contributed by atoms with van der Waals surface area (Å²) in [7, 11) is 0. The number of carbonyl (C=O) groups excluding carboxylic acids is 1. The van der Waals surface area contributed by atoms with Gasteiger partial charge in [0.15, 0.2) is 5.69 Å². The van der Waals surface area contributed by atoms with Gasteiger partial charge >= 0.3 is 5.97 Å². The average Bonchev–Trinajstić information content (AvgIpc) is 2.99. The topological polar surface area (TPSA) is 140 Å². The Morgan fingerprint density at radius 2 is 2.08 bits per heavy atom. The van der Waals surface area contributed by atoms with E-state index in [2.05, 4.69) is 15.6 Å². The summed E-state index contributed by atoms with van der Waals surface area (Å²) in [4.78, 5) is 33.0. The lowest BCUT2D eigenvalue weighted by molar-refractivity contribution is -0.384. The molecule has 0 fully saturated rings. The first kappa shape index (κ1) is 19.0. The lowest BCUT2D eigenvalue weighted by Gasteiger charge is -2.05. The fourth-order valence-corrected chi connectivity index (χ4v) is 2.39. The van der Waals surface area contributed by atoms with E-state index in [1.165, 1.54) is 22.9 Å². The molecule has 0 aliphatic heterocycles. The largest absolute Gasteiger partial charge is 0.481 e. The summed E-state index contributed by atoms with van der Waals surface area (Å²) in [6, 6.07) is 5.89. The van der Waals surface area contributed by atoms with E-state index in [0.717, 1.165) is 0 Å². The zero-order valence-electron chi connectivity index (χ0n) is 14.2.